The van der Waals surface area contributed by atoms with Crippen LogP contribution >= 0.6 is 22.6 Å². The summed E-state index contributed by atoms with van der Waals surface area (Å²) in [6.07, 6.45) is 8.24. The van der Waals surface area contributed by atoms with Crippen molar-refractivity contribution in [1.29, 1.82) is 0 Å². The molecule has 1 aliphatic heterocycles. The number of alkyl halides is 1. The molecule has 0 bridgehead atoms. The Hall–Kier alpha value is 0.390. The van der Waals surface area contributed by atoms with Crippen LogP contribution in [0.5, 0.6) is 0 Å². The molecule has 0 aromatic rings. The topological polar surface area (TPSA) is 18.5 Å². The molecule has 2 nitrogen and oxygen atoms in total. The third-order valence-electron chi connectivity index (χ3n) is 2.85. The smallest absolute Gasteiger partial charge is 0.188 e. The van der Waals surface area contributed by atoms with Crippen LogP contribution in [-0.2, 0) is 9.47 Å². The van der Waals surface area contributed by atoms with Gasteiger partial charge < -0.3 is 9.47 Å². The van der Waals surface area contributed by atoms with E-state index in [1.807, 2.05) is 0 Å². The van der Waals surface area contributed by atoms with Crippen LogP contribution in [0.2, 0.25) is 0 Å². The quantitative estimate of drug-likeness (QED) is 0.453. The van der Waals surface area contributed by atoms with Crippen molar-refractivity contribution in [2.75, 3.05) is 17.6 Å². The fourth-order valence-corrected chi connectivity index (χ4v) is 2.59. The Morgan fingerprint density at radius 3 is 2.86 bits per heavy atom. The largest absolute Gasteiger partial charge is 0.344 e. The first-order chi connectivity index (χ1) is 6.85. The van der Waals surface area contributed by atoms with E-state index in [1.54, 1.807) is 0 Å². The summed E-state index contributed by atoms with van der Waals surface area (Å²) in [5.74, 6) is -0.321. The molecule has 0 aromatic carbocycles. The summed E-state index contributed by atoms with van der Waals surface area (Å²) < 4.78 is 12.6. The summed E-state index contributed by atoms with van der Waals surface area (Å²) in [6, 6.07) is 0. The lowest BCUT2D eigenvalue weighted by molar-refractivity contribution is -0.125. The maximum Gasteiger partial charge on any atom is 0.188 e. The van der Waals surface area contributed by atoms with Gasteiger partial charge in [-0.1, -0.05) is 28.2 Å². The lowest BCUT2D eigenvalue weighted by Crippen LogP contribution is -2.30. The molecular formula is C11H17IO2. The second-order valence-electron chi connectivity index (χ2n) is 3.96. The van der Waals surface area contributed by atoms with Gasteiger partial charge in [-0.25, -0.2) is 0 Å². The third kappa shape index (κ3) is 2.49. The van der Waals surface area contributed by atoms with E-state index in [1.165, 1.54) is 35.7 Å². The first-order valence-corrected chi connectivity index (χ1v) is 6.92. The Bertz CT molecular complexity index is 219. The Kier molecular flexibility index (Phi) is 3.85. The van der Waals surface area contributed by atoms with E-state index in [9.17, 15) is 0 Å². The summed E-state index contributed by atoms with van der Waals surface area (Å²) in [5, 5.41) is 0. The number of halogens is 1. The molecular weight excluding hydrogens is 291 g/mol. The van der Waals surface area contributed by atoms with Gasteiger partial charge in [0.1, 0.15) is 0 Å². The zero-order valence-electron chi connectivity index (χ0n) is 8.43. The summed E-state index contributed by atoms with van der Waals surface area (Å²) >= 11 is 2.43. The predicted molar refractivity (Wildman–Crippen MR) is 64.7 cm³/mol. The summed E-state index contributed by atoms with van der Waals surface area (Å²) in [7, 11) is 0. The van der Waals surface area contributed by atoms with E-state index < -0.39 is 0 Å². The van der Waals surface area contributed by atoms with Crippen LogP contribution in [0.4, 0.5) is 0 Å². The molecule has 2 rings (SSSR count). The Morgan fingerprint density at radius 1 is 1.36 bits per heavy atom. The first-order valence-electron chi connectivity index (χ1n) is 5.39. The normalized spacial score (nSPS) is 25.4. The molecule has 1 saturated heterocycles. The second kappa shape index (κ2) is 4.94. The molecule has 0 amide bonds. The average Bonchev–Trinajstić information content (AvgIpc) is 2.63. The van der Waals surface area contributed by atoms with Gasteiger partial charge >= 0.3 is 0 Å². The molecule has 1 fully saturated rings. The van der Waals surface area contributed by atoms with Crippen molar-refractivity contribution < 1.29 is 9.47 Å². The molecule has 14 heavy (non-hydrogen) atoms. The molecule has 1 aliphatic carbocycles. The van der Waals surface area contributed by atoms with Crippen molar-refractivity contribution in [3.63, 3.8) is 0 Å². The van der Waals surface area contributed by atoms with Crippen LogP contribution in [-0.4, -0.2) is 23.4 Å². The molecule has 0 radical (unpaired) electrons. The molecule has 0 aromatic heterocycles. The van der Waals surface area contributed by atoms with Crippen LogP contribution in [0.15, 0.2) is 11.6 Å². The van der Waals surface area contributed by atoms with Crippen molar-refractivity contribution in [3.05, 3.63) is 11.6 Å². The van der Waals surface area contributed by atoms with Gasteiger partial charge in [0.15, 0.2) is 5.79 Å². The maximum absolute atomic E-state index is 5.69. The van der Waals surface area contributed by atoms with Gasteiger partial charge in [-0.05, 0) is 36.2 Å². The Morgan fingerprint density at radius 2 is 2.14 bits per heavy atom. The zero-order valence-corrected chi connectivity index (χ0v) is 10.6. The standard InChI is InChI=1S/C11H17IO2/c12-6-2-4-10-3-1-5-11(9-10)13-7-8-14-11/h9H,1-8H2. The minimum absolute atomic E-state index is 0.321. The molecule has 1 heterocycles. The lowest BCUT2D eigenvalue weighted by Gasteiger charge is -2.29. The highest BCUT2D eigenvalue weighted by molar-refractivity contribution is 14.1. The zero-order chi connectivity index (χ0) is 9.86. The Labute approximate surface area is 99.2 Å². The highest BCUT2D eigenvalue weighted by Crippen LogP contribution is 2.35. The van der Waals surface area contributed by atoms with Gasteiger partial charge in [-0.2, -0.15) is 0 Å². The van der Waals surface area contributed by atoms with E-state index >= 15 is 0 Å². The number of hydrogen-bond acceptors (Lipinski definition) is 2. The van der Waals surface area contributed by atoms with E-state index in [0.29, 0.717) is 0 Å². The number of allylic oxidation sites excluding steroid dienone is 1. The van der Waals surface area contributed by atoms with Crippen LogP contribution in [0.1, 0.15) is 32.1 Å². The van der Waals surface area contributed by atoms with E-state index in [4.69, 9.17) is 9.47 Å². The van der Waals surface area contributed by atoms with E-state index in [2.05, 4.69) is 28.7 Å². The average molecular weight is 308 g/mol. The van der Waals surface area contributed by atoms with Crippen LogP contribution < -0.4 is 0 Å². The first kappa shape index (κ1) is 10.9. The van der Waals surface area contributed by atoms with Crippen LogP contribution in [0.3, 0.4) is 0 Å². The summed E-state index contributed by atoms with van der Waals surface area (Å²) in [5.41, 5.74) is 1.54. The van der Waals surface area contributed by atoms with Gasteiger partial charge in [0.2, 0.25) is 0 Å². The molecule has 3 heteroatoms. The van der Waals surface area contributed by atoms with Crippen LogP contribution in [0.25, 0.3) is 0 Å². The van der Waals surface area contributed by atoms with Gasteiger partial charge in [-0.15, -0.1) is 0 Å². The van der Waals surface area contributed by atoms with Gasteiger partial charge in [-0.3, -0.25) is 0 Å². The predicted octanol–water partition coefficient (Wildman–Crippen LogP) is 3.06. The molecule has 0 N–H and O–H groups in total. The molecule has 1 spiro atoms. The second-order valence-corrected chi connectivity index (χ2v) is 5.04. The van der Waals surface area contributed by atoms with Crippen molar-refractivity contribution in [2.45, 2.75) is 37.9 Å². The van der Waals surface area contributed by atoms with Gasteiger partial charge in [0, 0.05) is 6.42 Å². The number of hydrogen-bond donors (Lipinski definition) is 0. The fraction of sp³-hybridized carbons (Fsp3) is 0.818. The fourth-order valence-electron chi connectivity index (χ4n) is 2.21. The van der Waals surface area contributed by atoms with Crippen molar-refractivity contribution in [2.24, 2.45) is 0 Å². The highest BCUT2D eigenvalue weighted by Gasteiger charge is 2.36. The Balaban J connectivity index is 1.99. The molecule has 0 unspecified atom stereocenters. The van der Waals surface area contributed by atoms with Crippen molar-refractivity contribution >= 4 is 22.6 Å². The molecule has 80 valence electrons. The summed E-state index contributed by atoms with van der Waals surface area (Å²) in [4.78, 5) is 0. The lowest BCUT2D eigenvalue weighted by atomic mass is 9.92. The van der Waals surface area contributed by atoms with E-state index in [0.717, 1.165) is 19.6 Å². The van der Waals surface area contributed by atoms with E-state index in [-0.39, 0.29) is 5.79 Å². The molecule has 0 atom stereocenters. The molecule has 0 saturated carbocycles. The molecule has 2 aliphatic rings. The number of rotatable bonds is 3. The summed E-state index contributed by atoms with van der Waals surface area (Å²) in [6.45, 7) is 1.52. The van der Waals surface area contributed by atoms with Crippen molar-refractivity contribution in [1.82, 2.24) is 0 Å². The SMILES string of the molecule is ICCCC1=CC2(CCC1)OCCO2. The third-order valence-corrected chi connectivity index (χ3v) is 3.62. The maximum atomic E-state index is 5.69. The van der Waals surface area contributed by atoms with Crippen LogP contribution in [0, 0.1) is 0 Å². The van der Waals surface area contributed by atoms with Gasteiger partial charge in [0.25, 0.3) is 0 Å². The highest BCUT2D eigenvalue weighted by atomic mass is 127. The van der Waals surface area contributed by atoms with Crippen molar-refractivity contribution in [3.8, 4) is 0 Å². The minimum atomic E-state index is -0.321. The van der Waals surface area contributed by atoms with Gasteiger partial charge in [0.05, 0.1) is 13.2 Å². The monoisotopic (exact) mass is 308 g/mol. The minimum Gasteiger partial charge on any atom is -0.344 e. The number of ether oxygens (including phenoxy) is 2.